The van der Waals surface area contributed by atoms with Crippen molar-refractivity contribution in [2.24, 2.45) is 0 Å². The molecular formula is C12H19F3N2. The van der Waals surface area contributed by atoms with E-state index in [1.165, 1.54) is 10.8 Å². The predicted molar refractivity (Wildman–Crippen MR) is 61.8 cm³/mol. The van der Waals surface area contributed by atoms with E-state index in [0.29, 0.717) is 0 Å². The van der Waals surface area contributed by atoms with Gasteiger partial charge in [0.15, 0.2) is 0 Å². The number of alkyl halides is 3. The number of nitrogens with zero attached hydrogens (tertiary/aromatic N) is 1. The van der Waals surface area contributed by atoms with Crippen LogP contribution in [0.4, 0.5) is 13.2 Å². The fraction of sp³-hybridized carbons (Fsp3) is 0.667. The van der Waals surface area contributed by atoms with E-state index in [1.54, 1.807) is 12.3 Å². The Morgan fingerprint density at radius 2 is 2.06 bits per heavy atom. The Morgan fingerprint density at radius 3 is 2.59 bits per heavy atom. The van der Waals surface area contributed by atoms with E-state index in [0.717, 1.165) is 24.9 Å². The quantitative estimate of drug-likeness (QED) is 0.815. The van der Waals surface area contributed by atoms with Crippen LogP contribution in [-0.2, 0) is 6.54 Å². The Kier molecular flexibility index (Phi) is 5.05. The molecule has 0 fully saturated rings. The molecule has 2 nitrogen and oxygen atoms in total. The number of hydrogen-bond acceptors (Lipinski definition) is 1. The van der Waals surface area contributed by atoms with Crippen molar-refractivity contribution in [2.75, 3.05) is 6.54 Å². The van der Waals surface area contributed by atoms with Crippen LogP contribution < -0.4 is 5.32 Å². The number of aromatic nitrogens is 1. The maximum Gasteiger partial charge on any atom is 0.406 e. The molecule has 0 saturated heterocycles. The lowest BCUT2D eigenvalue weighted by Crippen LogP contribution is -2.20. The Bertz CT molecular complexity index is 325. The first-order valence-electron chi connectivity index (χ1n) is 5.92. The second-order valence-electron chi connectivity index (χ2n) is 4.13. The van der Waals surface area contributed by atoms with E-state index in [9.17, 15) is 13.2 Å². The van der Waals surface area contributed by atoms with Crippen molar-refractivity contribution >= 4 is 0 Å². The zero-order valence-electron chi connectivity index (χ0n) is 10.2. The van der Waals surface area contributed by atoms with Crippen LogP contribution >= 0.6 is 0 Å². The van der Waals surface area contributed by atoms with E-state index in [-0.39, 0.29) is 6.04 Å². The highest BCUT2D eigenvalue weighted by molar-refractivity contribution is 5.15. The van der Waals surface area contributed by atoms with Crippen LogP contribution in [0.25, 0.3) is 0 Å². The number of halogens is 3. The molecule has 1 rings (SSSR count). The van der Waals surface area contributed by atoms with Crippen molar-refractivity contribution in [3.8, 4) is 0 Å². The number of nitrogens with one attached hydrogen (secondary N) is 1. The fourth-order valence-corrected chi connectivity index (χ4v) is 1.89. The van der Waals surface area contributed by atoms with Crippen molar-refractivity contribution in [3.63, 3.8) is 0 Å². The lowest BCUT2D eigenvalue weighted by atomic mass is 10.1. The molecular weight excluding hydrogens is 229 g/mol. The van der Waals surface area contributed by atoms with Gasteiger partial charge in [-0.15, -0.1) is 0 Å². The third-order valence-corrected chi connectivity index (χ3v) is 2.57. The minimum absolute atomic E-state index is 0.152. The Labute approximate surface area is 99.8 Å². The van der Waals surface area contributed by atoms with E-state index in [2.05, 4.69) is 12.2 Å². The molecule has 1 aromatic heterocycles. The summed E-state index contributed by atoms with van der Waals surface area (Å²) in [5.74, 6) is 0. The fourth-order valence-electron chi connectivity index (χ4n) is 1.89. The van der Waals surface area contributed by atoms with Gasteiger partial charge in [-0.1, -0.05) is 20.3 Å². The van der Waals surface area contributed by atoms with Crippen molar-refractivity contribution in [1.82, 2.24) is 9.88 Å². The molecule has 1 unspecified atom stereocenters. The average molecular weight is 248 g/mol. The normalized spacial score (nSPS) is 13.9. The minimum Gasteiger partial charge on any atom is -0.345 e. The van der Waals surface area contributed by atoms with Crippen molar-refractivity contribution in [2.45, 2.75) is 45.5 Å². The molecule has 5 heteroatoms. The van der Waals surface area contributed by atoms with Gasteiger partial charge in [0.05, 0.1) is 0 Å². The molecule has 0 amide bonds. The van der Waals surface area contributed by atoms with Gasteiger partial charge in [-0.25, -0.2) is 0 Å². The summed E-state index contributed by atoms with van der Waals surface area (Å²) in [6.45, 7) is 3.96. The van der Waals surface area contributed by atoms with Gasteiger partial charge in [0.1, 0.15) is 6.54 Å². The van der Waals surface area contributed by atoms with Crippen LogP contribution in [-0.4, -0.2) is 17.3 Å². The number of hydrogen-bond donors (Lipinski definition) is 1. The van der Waals surface area contributed by atoms with Crippen LogP contribution in [0.2, 0.25) is 0 Å². The van der Waals surface area contributed by atoms with E-state index < -0.39 is 12.7 Å². The highest BCUT2D eigenvalue weighted by Gasteiger charge is 2.27. The summed E-state index contributed by atoms with van der Waals surface area (Å²) in [6.07, 6.45) is 0.847. The molecule has 1 heterocycles. The maximum absolute atomic E-state index is 12.2. The predicted octanol–water partition coefficient (Wildman–Crippen LogP) is 3.50. The molecule has 17 heavy (non-hydrogen) atoms. The summed E-state index contributed by atoms with van der Waals surface area (Å²) in [4.78, 5) is 0. The van der Waals surface area contributed by atoms with Gasteiger partial charge in [0.2, 0.25) is 0 Å². The lowest BCUT2D eigenvalue weighted by Gasteiger charge is -2.15. The van der Waals surface area contributed by atoms with Gasteiger partial charge in [-0.05, 0) is 24.6 Å². The monoisotopic (exact) mass is 248 g/mol. The molecule has 0 aromatic carbocycles. The van der Waals surface area contributed by atoms with Gasteiger partial charge < -0.3 is 9.88 Å². The Hall–Kier alpha value is -0.970. The average Bonchev–Trinajstić information content (AvgIpc) is 2.63. The van der Waals surface area contributed by atoms with Crippen LogP contribution in [0.1, 0.15) is 38.3 Å². The molecule has 0 spiro atoms. The van der Waals surface area contributed by atoms with Crippen molar-refractivity contribution in [3.05, 3.63) is 24.0 Å². The molecule has 0 bridgehead atoms. The third kappa shape index (κ3) is 4.81. The first-order chi connectivity index (χ1) is 7.96. The van der Waals surface area contributed by atoms with E-state index >= 15 is 0 Å². The number of rotatable bonds is 6. The first-order valence-corrected chi connectivity index (χ1v) is 5.92. The Morgan fingerprint density at radius 1 is 1.35 bits per heavy atom. The molecule has 0 aliphatic rings. The zero-order valence-corrected chi connectivity index (χ0v) is 10.2. The maximum atomic E-state index is 12.2. The second-order valence-corrected chi connectivity index (χ2v) is 4.13. The van der Waals surface area contributed by atoms with Gasteiger partial charge in [0.25, 0.3) is 0 Å². The summed E-state index contributed by atoms with van der Waals surface area (Å²) in [7, 11) is 0. The van der Waals surface area contributed by atoms with Crippen molar-refractivity contribution < 1.29 is 13.2 Å². The molecule has 98 valence electrons. The molecule has 1 aromatic rings. The van der Waals surface area contributed by atoms with Crippen molar-refractivity contribution in [1.29, 1.82) is 0 Å². The van der Waals surface area contributed by atoms with Crippen LogP contribution in [0, 0.1) is 0 Å². The Balaban J connectivity index is 2.70. The first kappa shape index (κ1) is 14.1. The van der Waals surface area contributed by atoms with Crippen LogP contribution in [0.15, 0.2) is 18.5 Å². The van der Waals surface area contributed by atoms with Gasteiger partial charge >= 0.3 is 6.18 Å². The van der Waals surface area contributed by atoms with Crippen LogP contribution in [0.3, 0.4) is 0 Å². The van der Waals surface area contributed by atoms with E-state index in [4.69, 9.17) is 0 Å². The zero-order chi connectivity index (χ0) is 12.9. The smallest absolute Gasteiger partial charge is 0.345 e. The summed E-state index contributed by atoms with van der Waals surface area (Å²) in [6, 6.07) is 1.91. The SMILES string of the molecule is CCCC(NCC)c1ccn(CC(F)(F)F)c1. The minimum atomic E-state index is -4.16. The summed E-state index contributed by atoms with van der Waals surface area (Å²) in [5, 5.41) is 3.28. The summed E-state index contributed by atoms with van der Waals surface area (Å²) < 4.78 is 37.8. The molecule has 1 atom stereocenters. The molecule has 1 N–H and O–H groups in total. The second kappa shape index (κ2) is 6.10. The largest absolute Gasteiger partial charge is 0.406 e. The summed E-state index contributed by atoms with van der Waals surface area (Å²) in [5.41, 5.74) is 0.929. The van der Waals surface area contributed by atoms with Gasteiger partial charge in [0, 0.05) is 18.4 Å². The van der Waals surface area contributed by atoms with Crippen LogP contribution in [0.5, 0.6) is 0 Å². The third-order valence-electron chi connectivity index (χ3n) is 2.57. The summed E-state index contributed by atoms with van der Waals surface area (Å²) >= 11 is 0. The van der Waals surface area contributed by atoms with Gasteiger partial charge in [-0.2, -0.15) is 13.2 Å². The molecule has 0 aliphatic heterocycles. The highest BCUT2D eigenvalue weighted by atomic mass is 19.4. The lowest BCUT2D eigenvalue weighted by molar-refractivity contribution is -0.140. The highest BCUT2D eigenvalue weighted by Crippen LogP contribution is 2.22. The van der Waals surface area contributed by atoms with Gasteiger partial charge in [-0.3, -0.25) is 0 Å². The van der Waals surface area contributed by atoms with E-state index in [1.807, 2.05) is 6.92 Å². The molecule has 0 aliphatic carbocycles. The molecule has 0 saturated carbocycles. The standard InChI is InChI=1S/C12H19F3N2/c1-3-5-11(16-4-2)10-6-7-17(8-10)9-12(13,14)15/h6-8,11,16H,3-5,9H2,1-2H3. The molecule has 0 radical (unpaired) electrons. The topological polar surface area (TPSA) is 17.0 Å².